The van der Waals surface area contributed by atoms with E-state index in [9.17, 15) is 0 Å². The van der Waals surface area contributed by atoms with E-state index in [1.807, 2.05) is 28.3 Å². The smallest absolute Gasteiger partial charge is 0.179 e. The van der Waals surface area contributed by atoms with Gasteiger partial charge in [-0.05, 0) is 38.2 Å². The molecule has 98 valence electrons. The Labute approximate surface area is 115 Å². The van der Waals surface area contributed by atoms with Gasteiger partial charge in [0.05, 0.1) is 17.9 Å². The second kappa shape index (κ2) is 4.58. The molecule has 3 rings (SSSR count). The first-order valence-corrected chi connectivity index (χ1v) is 6.54. The predicted molar refractivity (Wildman–Crippen MR) is 74.5 cm³/mol. The third kappa shape index (κ3) is 1.95. The zero-order chi connectivity index (χ0) is 13.4. The van der Waals surface area contributed by atoms with Gasteiger partial charge in [0.15, 0.2) is 10.4 Å². The molecule has 0 aliphatic heterocycles. The second-order valence-corrected chi connectivity index (χ2v) is 4.72. The molecule has 0 aliphatic carbocycles. The summed E-state index contributed by atoms with van der Waals surface area (Å²) in [5.41, 5.74) is 3.84. The van der Waals surface area contributed by atoms with E-state index in [2.05, 4.69) is 27.2 Å². The molecule has 0 saturated heterocycles. The minimum atomic E-state index is 0.595. The van der Waals surface area contributed by atoms with Crippen molar-refractivity contribution in [3.8, 4) is 0 Å². The van der Waals surface area contributed by atoms with Crippen molar-refractivity contribution in [2.75, 3.05) is 0 Å². The highest BCUT2D eigenvalue weighted by molar-refractivity contribution is 7.71. The number of H-pyrrole nitrogens is 1. The molecule has 0 saturated carbocycles. The summed E-state index contributed by atoms with van der Waals surface area (Å²) in [7, 11) is 0. The quantitative estimate of drug-likeness (QED) is 0.743. The molecule has 3 heterocycles. The average molecular weight is 274 g/mol. The van der Waals surface area contributed by atoms with Crippen LogP contribution in [0, 0.1) is 11.7 Å². The van der Waals surface area contributed by atoms with Crippen molar-refractivity contribution < 1.29 is 0 Å². The van der Waals surface area contributed by atoms with Gasteiger partial charge in [-0.25, -0.2) is 4.68 Å². The summed E-state index contributed by atoms with van der Waals surface area (Å²) in [6.45, 7) is 5.44. The van der Waals surface area contributed by atoms with E-state index in [4.69, 9.17) is 12.2 Å². The number of aromatic amines is 1. The minimum Gasteiger partial charge on any atom is -0.328 e. The van der Waals surface area contributed by atoms with Gasteiger partial charge in [-0.1, -0.05) is 0 Å². The van der Waals surface area contributed by atoms with Crippen molar-refractivity contribution in [3.63, 3.8) is 0 Å². The summed E-state index contributed by atoms with van der Waals surface area (Å²) in [5, 5.41) is 12.5. The molecule has 0 radical (unpaired) electrons. The van der Waals surface area contributed by atoms with E-state index in [1.54, 1.807) is 6.20 Å². The average Bonchev–Trinajstić information content (AvgIpc) is 2.90. The second-order valence-electron chi connectivity index (χ2n) is 4.33. The Hall–Kier alpha value is -2.02. The van der Waals surface area contributed by atoms with Gasteiger partial charge < -0.3 is 4.98 Å². The first kappa shape index (κ1) is 12.0. The van der Waals surface area contributed by atoms with E-state index in [0.29, 0.717) is 11.3 Å². The molecule has 0 atom stereocenters. The third-order valence-electron chi connectivity index (χ3n) is 3.08. The molecule has 0 aliphatic rings. The van der Waals surface area contributed by atoms with E-state index < -0.39 is 0 Å². The molecule has 0 spiro atoms. The van der Waals surface area contributed by atoms with E-state index in [-0.39, 0.29) is 0 Å². The van der Waals surface area contributed by atoms with Crippen molar-refractivity contribution in [3.05, 3.63) is 34.5 Å². The number of rotatable bonds is 3. The molecule has 0 fully saturated rings. The first-order chi connectivity index (χ1) is 9.20. The molecule has 1 N–H and O–H groups in total. The Kier molecular flexibility index (Phi) is 2.90. The number of imidazole rings is 1. The number of nitrogens with zero attached hydrogens (tertiary/aromatic N) is 5. The Morgan fingerprint density at radius 2 is 2.26 bits per heavy atom. The van der Waals surface area contributed by atoms with Gasteiger partial charge in [0.1, 0.15) is 5.52 Å². The summed E-state index contributed by atoms with van der Waals surface area (Å²) in [5.74, 6) is 0. The Morgan fingerprint density at radius 1 is 1.42 bits per heavy atom. The van der Waals surface area contributed by atoms with Gasteiger partial charge in [-0.15, -0.1) is 0 Å². The van der Waals surface area contributed by atoms with Crippen molar-refractivity contribution in [1.82, 2.24) is 29.5 Å². The summed E-state index contributed by atoms with van der Waals surface area (Å²) < 4.78 is 4.65. The molecule has 6 nitrogen and oxygen atoms in total. The van der Waals surface area contributed by atoms with Crippen LogP contribution in [0.3, 0.4) is 0 Å². The topological polar surface area (TPSA) is 64.3 Å². The predicted octanol–water partition coefficient (Wildman–Crippen LogP) is 2.06. The number of nitrogens with one attached hydrogen (secondary N) is 1. The van der Waals surface area contributed by atoms with Crippen LogP contribution in [0.5, 0.6) is 0 Å². The molecular weight excluding hydrogens is 260 g/mol. The van der Waals surface area contributed by atoms with Gasteiger partial charge in [-0.2, -0.15) is 15.3 Å². The molecule has 3 aromatic rings. The van der Waals surface area contributed by atoms with Crippen LogP contribution in [-0.4, -0.2) is 29.5 Å². The Morgan fingerprint density at radius 3 is 2.95 bits per heavy atom. The SMILES string of the molecule is CCn1nc(C)c2[nH]c(=S)n(Cc3cccnn3)c21. The Bertz CT molecular complexity index is 767. The van der Waals surface area contributed by atoms with Gasteiger partial charge in [-0.3, -0.25) is 4.57 Å². The first-order valence-electron chi connectivity index (χ1n) is 6.13. The molecule has 0 unspecified atom stereocenters. The number of aryl methyl sites for hydroxylation is 2. The highest BCUT2D eigenvalue weighted by atomic mass is 32.1. The maximum atomic E-state index is 5.39. The molecule has 0 aromatic carbocycles. The van der Waals surface area contributed by atoms with Gasteiger partial charge >= 0.3 is 0 Å². The van der Waals surface area contributed by atoms with Crippen LogP contribution in [0.1, 0.15) is 18.3 Å². The van der Waals surface area contributed by atoms with Gasteiger partial charge in [0.2, 0.25) is 0 Å². The van der Waals surface area contributed by atoms with Gasteiger partial charge in [0, 0.05) is 12.7 Å². The highest BCUT2D eigenvalue weighted by Crippen LogP contribution is 2.18. The van der Waals surface area contributed by atoms with E-state index in [1.165, 1.54) is 0 Å². The normalized spacial score (nSPS) is 11.3. The lowest BCUT2D eigenvalue weighted by Gasteiger charge is -2.05. The zero-order valence-corrected chi connectivity index (χ0v) is 11.6. The van der Waals surface area contributed by atoms with Crippen molar-refractivity contribution in [2.45, 2.75) is 26.9 Å². The van der Waals surface area contributed by atoms with Crippen molar-refractivity contribution in [1.29, 1.82) is 0 Å². The molecule has 0 amide bonds. The van der Waals surface area contributed by atoms with Crippen LogP contribution in [0.15, 0.2) is 18.3 Å². The summed E-state index contributed by atoms with van der Waals surface area (Å²) in [6.07, 6.45) is 1.66. The van der Waals surface area contributed by atoms with Crippen LogP contribution in [-0.2, 0) is 13.1 Å². The summed E-state index contributed by atoms with van der Waals surface area (Å²) in [4.78, 5) is 3.22. The lowest BCUT2D eigenvalue weighted by atomic mass is 10.4. The molecule has 19 heavy (non-hydrogen) atoms. The van der Waals surface area contributed by atoms with Crippen molar-refractivity contribution in [2.24, 2.45) is 0 Å². The van der Waals surface area contributed by atoms with Crippen LogP contribution >= 0.6 is 12.2 Å². The number of hydrogen-bond donors (Lipinski definition) is 1. The maximum Gasteiger partial charge on any atom is 0.179 e. The van der Waals surface area contributed by atoms with Gasteiger partial charge in [0.25, 0.3) is 0 Å². The fraction of sp³-hybridized carbons (Fsp3) is 0.333. The minimum absolute atomic E-state index is 0.595. The zero-order valence-electron chi connectivity index (χ0n) is 10.8. The van der Waals surface area contributed by atoms with Crippen LogP contribution in [0.2, 0.25) is 0 Å². The molecule has 0 bridgehead atoms. The van der Waals surface area contributed by atoms with Crippen molar-refractivity contribution >= 4 is 23.4 Å². The Balaban J connectivity index is 2.17. The highest BCUT2D eigenvalue weighted by Gasteiger charge is 2.14. The standard InChI is InChI=1S/C12H14N6S/c1-3-18-11-10(8(2)16-18)14-12(19)17(11)7-9-5-4-6-13-15-9/h4-6H,3,7H2,1-2H3,(H,14,19). The monoisotopic (exact) mass is 274 g/mol. The number of aromatic nitrogens is 6. The van der Waals surface area contributed by atoms with E-state index >= 15 is 0 Å². The fourth-order valence-electron chi connectivity index (χ4n) is 2.21. The van der Waals surface area contributed by atoms with Crippen LogP contribution < -0.4 is 0 Å². The largest absolute Gasteiger partial charge is 0.328 e. The number of hydrogen-bond acceptors (Lipinski definition) is 4. The molecule has 3 aromatic heterocycles. The van der Waals surface area contributed by atoms with Crippen LogP contribution in [0.25, 0.3) is 11.2 Å². The molecular formula is C12H14N6S. The lowest BCUT2D eigenvalue weighted by molar-refractivity contribution is 0.639. The fourth-order valence-corrected chi connectivity index (χ4v) is 2.46. The summed E-state index contributed by atoms with van der Waals surface area (Å²) in [6, 6.07) is 3.81. The van der Waals surface area contributed by atoms with E-state index in [0.717, 1.165) is 29.1 Å². The summed E-state index contributed by atoms with van der Waals surface area (Å²) >= 11 is 5.39. The third-order valence-corrected chi connectivity index (χ3v) is 3.40. The number of fused-ring (bicyclic) bond motifs is 1. The van der Waals surface area contributed by atoms with Crippen LogP contribution in [0.4, 0.5) is 0 Å². The lowest BCUT2D eigenvalue weighted by Crippen LogP contribution is -2.07. The maximum absolute atomic E-state index is 5.39. The molecule has 7 heteroatoms.